The lowest BCUT2D eigenvalue weighted by molar-refractivity contribution is -0.129. The number of hydrogen-bond donors (Lipinski definition) is 2. The van der Waals surface area contributed by atoms with Crippen LogP contribution in [0.5, 0.6) is 0 Å². The molecule has 0 aromatic rings. The van der Waals surface area contributed by atoms with Crippen molar-refractivity contribution >= 4 is 5.91 Å². The topological polar surface area (TPSA) is 49.3 Å². The second-order valence-corrected chi connectivity index (χ2v) is 2.76. The molecule has 1 atom stereocenters. The van der Waals surface area contributed by atoms with Crippen molar-refractivity contribution < 1.29 is 9.90 Å². The van der Waals surface area contributed by atoms with Crippen LogP contribution in [0.25, 0.3) is 0 Å². The van der Waals surface area contributed by atoms with E-state index in [2.05, 4.69) is 5.32 Å². The fraction of sp³-hybridized carbons (Fsp3) is 0.857. The Morgan fingerprint density at radius 2 is 2.10 bits per heavy atom. The highest BCUT2D eigenvalue weighted by Gasteiger charge is 2.13. The summed E-state index contributed by atoms with van der Waals surface area (Å²) < 4.78 is 0. The monoisotopic (exact) mass is 145 g/mol. The van der Waals surface area contributed by atoms with Gasteiger partial charge < -0.3 is 10.4 Å². The molecule has 0 rings (SSSR count). The minimum atomic E-state index is -0.843. The number of carbonyl (C=O) groups is 1. The summed E-state index contributed by atoms with van der Waals surface area (Å²) in [5.41, 5.74) is 0. The molecule has 0 fully saturated rings. The summed E-state index contributed by atoms with van der Waals surface area (Å²) in [6.45, 7) is 3.93. The van der Waals surface area contributed by atoms with Crippen molar-refractivity contribution in [2.45, 2.75) is 26.4 Å². The maximum atomic E-state index is 10.7. The van der Waals surface area contributed by atoms with Gasteiger partial charge in [0.05, 0.1) is 0 Å². The summed E-state index contributed by atoms with van der Waals surface area (Å²) in [7, 11) is 1.52. The Kier molecular flexibility index (Phi) is 4.03. The molecule has 1 amide bonds. The first-order chi connectivity index (χ1) is 4.57. The van der Waals surface area contributed by atoms with Crippen LogP contribution in [0.2, 0.25) is 0 Å². The Hall–Kier alpha value is -0.570. The van der Waals surface area contributed by atoms with E-state index < -0.39 is 6.10 Å². The Bertz CT molecular complexity index is 112. The summed E-state index contributed by atoms with van der Waals surface area (Å²) in [4.78, 5) is 10.7. The summed E-state index contributed by atoms with van der Waals surface area (Å²) in [6.07, 6.45) is -0.315. The van der Waals surface area contributed by atoms with E-state index in [9.17, 15) is 4.79 Å². The Morgan fingerprint density at radius 3 is 2.40 bits per heavy atom. The quantitative estimate of drug-likeness (QED) is 0.593. The second-order valence-electron chi connectivity index (χ2n) is 2.76. The molecule has 3 nitrogen and oxygen atoms in total. The average molecular weight is 145 g/mol. The number of hydrogen-bond acceptors (Lipinski definition) is 2. The molecule has 0 aromatic carbocycles. The Morgan fingerprint density at radius 1 is 1.60 bits per heavy atom. The van der Waals surface area contributed by atoms with Gasteiger partial charge in [-0.3, -0.25) is 4.79 Å². The fourth-order valence-electron chi connectivity index (χ4n) is 0.720. The fourth-order valence-corrected chi connectivity index (χ4v) is 0.720. The molecular weight excluding hydrogens is 130 g/mol. The van der Waals surface area contributed by atoms with Gasteiger partial charge in [-0.15, -0.1) is 0 Å². The third kappa shape index (κ3) is 3.45. The molecule has 10 heavy (non-hydrogen) atoms. The van der Waals surface area contributed by atoms with Crippen LogP contribution in [0.4, 0.5) is 0 Å². The highest BCUT2D eigenvalue weighted by atomic mass is 16.3. The van der Waals surface area contributed by atoms with Gasteiger partial charge >= 0.3 is 0 Å². The first-order valence-corrected chi connectivity index (χ1v) is 3.47. The molecule has 1 unspecified atom stereocenters. The van der Waals surface area contributed by atoms with Gasteiger partial charge in [0.1, 0.15) is 6.10 Å². The zero-order chi connectivity index (χ0) is 8.15. The van der Waals surface area contributed by atoms with Gasteiger partial charge in [0, 0.05) is 7.05 Å². The number of aliphatic hydroxyl groups is 1. The molecule has 2 N–H and O–H groups in total. The molecule has 60 valence electrons. The number of rotatable bonds is 3. The molecule has 0 aromatic heterocycles. The largest absolute Gasteiger partial charge is 0.383 e. The molecule has 0 radical (unpaired) electrons. The lowest BCUT2D eigenvalue weighted by Gasteiger charge is -2.10. The lowest BCUT2D eigenvalue weighted by Crippen LogP contribution is -2.32. The summed E-state index contributed by atoms with van der Waals surface area (Å²) in [6, 6.07) is 0. The van der Waals surface area contributed by atoms with Gasteiger partial charge in [-0.2, -0.15) is 0 Å². The van der Waals surface area contributed by atoms with Crippen LogP contribution in [0.1, 0.15) is 20.3 Å². The number of aliphatic hydroxyl groups excluding tert-OH is 1. The van der Waals surface area contributed by atoms with Gasteiger partial charge in [-0.25, -0.2) is 0 Å². The summed E-state index contributed by atoms with van der Waals surface area (Å²) in [5, 5.41) is 11.5. The zero-order valence-electron chi connectivity index (χ0n) is 6.72. The van der Waals surface area contributed by atoms with Crippen LogP contribution < -0.4 is 5.32 Å². The smallest absolute Gasteiger partial charge is 0.248 e. The van der Waals surface area contributed by atoms with E-state index in [0.29, 0.717) is 12.3 Å². The minimum Gasteiger partial charge on any atom is -0.383 e. The predicted octanol–water partition coefficient (Wildman–Crippen LogP) is 0.139. The molecule has 0 bridgehead atoms. The van der Waals surface area contributed by atoms with Crippen LogP contribution >= 0.6 is 0 Å². The van der Waals surface area contributed by atoms with Crippen LogP contribution in [0.3, 0.4) is 0 Å². The maximum Gasteiger partial charge on any atom is 0.248 e. The van der Waals surface area contributed by atoms with Gasteiger partial charge in [-0.05, 0) is 12.3 Å². The van der Waals surface area contributed by atoms with Crippen molar-refractivity contribution in [3.05, 3.63) is 0 Å². The van der Waals surface area contributed by atoms with Crippen molar-refractivity contribution in [3.63, 3.8) is 0 Å². The molecule has 0 aliphatic carbocycles. The number of likely N-dealkylation sites (N-methyl/N-ethyl adjacent to an activating group) is 1. The SMILES string of the molecule is CNC(=O)C(O)CC(C)C. The van der Waals surface area contributed by atoms with Crippen LogP contribution in [0, 0.1) is 5.92 Å². The first-order valence-electron chi connectivity index (χ1n) is 3.47. The molecule has 0 saturated heterocycles. The third-order valence-electron chi connectivity index (χ3n) is 1.24. The maximum absolute atomic E-state index is 10.7. The van der Waals surface area contributed by atoms with Crippen molar-refractivity contribution in [1.29, 1.82) is 0 Å². The Balaban J connectivity index is 3.61. The van der Waals surface area contributed by atoms with Crippen LogP contribution in [0.15, 0.2) is 0 Å². The van der Waals surface area contributed by atoms with E-state index in [0.717, 1.165) is 0 Å². The standard InChI is InChI=1S/C7H15NO2/c1-5(2)4-6(9)7(10)8-3/h5-6,9H,4H2,1-3H3,(H,8,10). The Labute approximate surface area is 61.4 Å². The molecule has 0 spiro atoms. The van der Waals surface area contributed by atoms with E-state index in [1.165, 1.54) is 7.05 Å². The molecule has 0 aliphatic rings. The first kappa shape index (κ1) is 9.43. The van der Waals surface area contributed by atoms with Gasteiger partial charge in [0.15, 0.2) is 0 Å². The van der Waals surface area contributed by atoms with Gasteiger partial charge in [-0.1, -0.05) is 13.8 Å². The molecule has 0 saturated carbocycles. The van der Waals surface area contributed by atoms with E-state index in [1.54, 1.807) is 0 Å². The molecular formula is C7H15NO2. The van der Waals surface area contributed by atoms with Crippen molar-refractivity contribution in [2.24, 2.45) is 5.92 Å². The number of nitrogens with one attached hydrogen (secondary N) is 1. The second kappa shape index (κ2) is 4.28. The molecule has 3 heteroatoms. The van der Waals surface area contributed by atoms with Crippen molar-refractivity contribution in [2.75, 3.05) is 7.05 Å². The average Bonchev–Trinajstić information content (AvgIpc) is 1.85. The van der Waals surface area contributed by atoms with E-state index in [1.807, 2.05) is 13.8 Å². The predicted molar refractivity (Wildman–Crippen MR) is 39.5 cm³/mol. The van der Waals surface area contributed by atoms with Crippen LogP contribution in [-0.4, -0.2) is 24.2 Å². The number of amides is 1. The highest BCUT2D eigenvalue weighted by Crippen LogP contribution is 2.03. The highest BCUT2D eigenvalue weighted by molar-refractivity contribution is 5.80. The van der Waals surface area contributed by atoms with Crippen LogP contribution in [-0.2, 0) is 4.79 Å². The summed E-state index contributed by atoms with van der Waals surface area (Å²) in [5.74, 6) is 0.0565. The minimum absolute atomic E-state index is 0.297. The van der Waals surface area contributed by atoms with Crippen molar-refractivity contribution in [3.8, 4) is 0 Å². The van der Waals surface area contributed by atoms with Crippen molar-refractivity contribution in [1.82, 2.24) is 5.32 Å². The third-order valence-corrected chi connectivity index (χ3v) is 1.24. The van der Waals surface area contributed by atoms with E-state index in [4.69, 9.17) is 5.11 Å². The van der Waals surface area contributed by atoms with E-state index >= 15 is 0 Å². The normalized spacial score (nSPS) is 13.3. The number of carbonyl (C=O) groups excluding carboxylic acids is 1. The van der Waals surface area contributed by atoms with Gasteiger partial charge in [0.2, 0.25) is 5.91 Å². The molecule has 0 aliphatic heterocycles. The van der Waals surface area contributed by atoms with E-state index in [-0.39, 0.29) is 5.91 Å². The zero-order valence-corrected chi connectivity index (χ0v) is 6.72. The molecule has 0 heterocycles. The van der Waals surface area contributed by atoms with Gasteiger partial charge in [0.25, 0.3) is 0 Å². The lowest BCUT2D eigenvalue weighted by atomic mass is 10.1. The summed E-state index contributed by atoms with van der Waals surface area (Å²) >= 11 is 0.